The van der Waals surface area contributed by atoms with E-state index in [-0.39, 0.29) is 22.8 Å². The molecule has 1 fully saturated rings. The smallest absolute Gasteiger partial charge is 0.336 e. The third-order valence-corrected chi connectivity index (χ3v) is 6.88. The molecule has 0 aliphatic carbocycles. The molecule has 0 radical (unpaired) electrons. The number of hydrogen-bond donors (Lipinski definition) is 1. The zero-order chi connectivity index (χ0) is 20.9. The highest BCUT2D eigenvalue weighted by atomic mass is 32.1. The molecule has 4 heterocycles. The fraction of sp³-hybridized carbons (Fsp3) is 0.333. The third kappa shape index (κ3) is 2.97. The van der Waals surface area contributed by atoms with Gasteiger partial charge in [-0.2, -0.15) is 0 Å². The first-order chi connectivity index (χ1) is 14.5. The van der Waals surface area contributed by atoms with Crippen LogP contribution in [0, 0.1) is 6.92 Å². The predicted octanol–water partition coefficient (Wildman–Crippen LogP) is 2.35. The van der Waals surface area contributed by atoms with Crippen molar-refractivity contribution in [3.63, 3.8) is 0 Å². The second-order valence-electron chi connectivity index (χ2n) is 7.80. The van der Waals surface area contributed by atoms with Crippen LogP contribution in [0.1, 0.15) is 39.6 Å². The molecule has 1 saturated heterocycles. The number of aromatic nitrogens is 5. The molecule has 5 rings (SSSR count). The molecule has 1 N–H and O–H groups in total. The van der Waals surface area contributed by atoms with E-state index in [9.17, 15) is 9.59 Å². The Morgan fingerprint density at radius 3 is 2.53 bits per heavy atom. The number of H-pyrrole nitrogens is 1. The minimum Gasteiger partial charge on any atom is -0.336 e. The third-order valence-electron chi connectivity index (χ3n) is 5.96. The molecule has 8 nitrogen and oxygen atoms in total. The van der Waals surface area contributed by atoms with Crippen molar-refractivity contribution in [3.05, 3.63) is 75.2 Å². The van der Waals surface area contributed by atoms with Crippen LogP contribution in [-0.4, -0.2) is 48.0 Å². The number of fused-ring (bicyclic) bond motifs is 1. The largest absolute Gasteiger partial charge is 0.343 e. The number of carbonyl (C=O) groups is 1. The molecule has 0 atom stereocenters. The van der Waals surface area contributed by atoms with Crippen LogP contribution in [0.2, 0.25) is 0 Å². The van der Waals surface area contributed by atoms with E-state index in [1.54, 1.807) is 16.2 Å². The van der Waals surface area contributed by atoms with Gasteiger partial charge in [0.2, 0.25) is 5.82 Å². The van der Waals surface area contributed by atoms with Gasteiger partial charge in [0.15, 0.2) is 4.96 Å². The lowest BCUT2D eigenvalue weighted by molar-refractivity contribution is 0.0671. The molecule has 1 aliphatic heterocycles. The zero-order valence-electron chi connectivity index (χ0n) is 16.8. The van der Waals surface area contributed by atoms with E-state index in [0.717, 1.165) is 28.2 Å². The average Bonchev–Trinajstić information content (AvgIpc) is 3.41. The normalized spacial score (nSPS) is 16.3. The van der Waals surface area contributed by atoms with Crippen molar-refractivity contribution in [2.45, 2.75) is 25.2 Å². The molecule has 1 aromatic carbocycles. The highest BCUT2D eigenvalue weighted by Gasteiger charge is 2.41. The number of benzene rings is 1. The Kier molecular flexibility index (Phi) is 4.35. The van der Waals surface area contributed by atoms with Gasteiger partial charge in [-0.25, -0.2) is 14.5 Å². The van der Waals surface area contributed by atoms with Crippen molar-refractivity contribution in [1.29, 1.82) is 0 Å². The fourth-order valence-corrected chi connectivity index (χ4v) is 5.14. The first kappa shape index (κ1) is 18.8. The van der Waals surface area contributed by atoms with Crippen LogP contribution in [0.3, 0.4) is 0 Å². The van der Waals surface area contributed by atoms with Crippen LogP contribution in [-0.2, 0) is 12.5 Å². The molecule has 1 amide bonds. The highest BCUT2D eigenvalue weighted by Crippen LogP contribution is 2.42. The maximum absolute atomic E-state index is 12.8. The lowest BCUT2D eigenvalue weighted by Gasteiger charge is -2.41. The summed E-state index contributed by atoms with van der Waals surface area (Å²) >= 11 is 1.68. The molecule has 0 saturated carbocycles. The van der Waals surface area contributed by atoms with Crippen molar-refractivity contribution < 1.29 is 4.79 Å². The standard InChI is InChI=1S/C21H22N6O2S/c1-14-12-27-13-16(22-20(27)30-14)21(15-6-4-3-5-7-15)8-10-26(11-9-21)18(28)17-23-19(29)25(2)24-17/h3-7,12-13H,8-11H2,1-2H3,(H,23,24,29). The Bertz CT molecular complexity index is 1240. The SMILES string of the molecule is Cc1cn2cc(C3(c4ccccc4)CCN(C(=O)c4nn(C)c(=O)[nH]4)CC3)nc2s1. The van der Waals surface area contributed by atoms with E-state index in [0.29, 0.717) is 13.1 Å². The maximum atomic E-state index is 12.8. The Morgan fingerprint density at radius 1 is 1.17 bits per heavy atom. The quantitative estimate of drug-likeness (QED) is 0.549. The summed E-state index contributed by atoms with van der Waals surface area (Å²) in [7, 11) is 1.53. The van der Waals surface area contributed by atoms with Crippen LogP contribution < -0.4 is 5.69 Å². The zero-order valence-corrected chi connectivity index (χ0v) is 17.6. The molecule has 1 aliphatic rings. The minimum absolute atomic E-state index is 0.0905. The molecule has 3 aromatic heterocycles. The number of thiazole rings is 1. The van der Waals surface area contributed by atoms with Gasteiger partial charge in [-0.3, -0.25) is 14.2 Å². The Labute approximate surface area is 176 Å². The Morgan fingerprint density at radius 2 is 1.90 bits per heavy atom. The topological polar surface area (TPSA) is 88.3 Å². The van der Waals surface area contributed by atoms with Gasteiger partial charge in [-0.15, -0.1) is 16.4 Å². The Balaban J connectivity index is 1.48. The minimum atomic E-state index is -0.387. The van der Waals surface area contributed by atoms with Gasteiger partial charge < -0.3 is 4.90 Å². The molecule has 0 spiro atoms. The maximum Gasteiger partial charge on any atom is 0.343 e. The summed E-state index contributed by atoms with van der Waals surface area (Å²) in [6, 6.07) is 10.4. The average molecular weight is 423 g/mol. The van der Waals surface area contributed by atoms with Gasteiger partial charge in [0.05, 0.1) is 5.69 Å². The van der Waals surface area contributed by atoms with Crippen molar-refractivity contribution >= 4 is 22.2 Å². The lowest BCUT2D eigenvalue weighted by Crippen LogP contribution is -2.46. The van der Waals surface area contributed by atoms with Gasteiger partial charge in [-0.05, 0) is 25.3 Å². The summed E-state index contributed by atoms with van der Waals surface area (Å²) in [6.45, 7) is 3.21. The number of nitrogens with zero attached hydrogens (tertiary/aromatic N) is 5. The number of aryl methyl sites for hydroxylation is 2. The number of imidazole rings is 1. The number of hydrogen-bond acceptors (Lipinski definition) is 5. The summed E-state index contributed by atoms with van der Waals surface area (Å²) in [6.07, 6.45) is 5.73. The number of piperidine rings is 1. The molecule has 154 valence electrons. The van der Waals surface area contributed by atoms with E-state index in [1.165, 1.54) is 17.5 Å². The number of aromatic amines is 1. The number of nitrogens with one attached hydrogen (secondary N) is 1. The number of carbonyl (C=O) groups excluding carboxylic acids is 1. The summed E-state index contributed by atoms with van der Waals surface area (Å²) in [5.41, 5.74) is 1.61. The van der Waals surface area contributed by atoms with Crippen molar-refractivity contribution in [3.8, 4) is 0 Å². The molecule has 0 unspecified atom stereocenters. The van der Waals surface area contributed by atoms with E-state index < -0.39 is 0 Å². The van der Waals surface area contributed by atoms with Gasteiger partial charge in [0.25, 0.3) is 5.91 Å². The number of likely N-dealkylation sites (tertiary alicyclic amines) is 1. The summed E-state index contributed by atoms with van der Waals surface area (Å²) in [4.78, 5) is 36.0. The molecule has 4 aromatic rings. The molecule has 9 heteroatoms. The Hall–Kier alpha value is -3.20. The van der Waals surface area contributed by atoms with Crippen LogP contribution in [0.25, 0.3) is 4.96 Å². The van der Waals surface area contributed by atoms with Crippen LogP contribution in [0.5, 0.6) is 0 Å². The number of rotatable bonds is 3. The van der Waals surface area contributed by atoms with Crippen LogP contribution >= 0.6 is 11.3 Å². The first-order valence-corrected chi connectivity index (χ1v) is 10.7. The number of amides is 1. The van der Waals surface area contributed by atoms with Gasteiger partial charge >= 0.3 is 5.69 Å². The van der Waals surface area contributed by atoms with Gasteiger partial charge in [-0.1, -0.05) is 30.3 Å². The monoisotopic (exact) mass is 422 g/mol. The van der Waals surface area contributed by atoms with E-state index in [1.807, 2.05) is 6.07 Å². The predicted molar refractivity (Wildman–Crippen MR) is 114 cm³/mol. The second kappa shape index (κ2) is 6.94. The first-order valence-electron chi connectivity index (χ1n) is 9.90. The molecule has 30 heavy (non-hydrogen) atoms. The second-order valence-corrected chi connectivity index (χ2v) is 9.01. The van der Waals surface area contributed by atoms with Crippen molar-refractivity contribution in [2.75, 3.05) is 13.1 Å². The van der Waals surface area contributed by atoms with E-state index >= 15 is 0 Å². The summed E-state index contributed by atoms with van der Waals surface area (Å²) in [5.74, 6) is -0.150. The van der Waals surface area contributed by atoms with E-state index in [2.05, 4.69) is 58.1 Å². The van der Waals surface area contributed by atoms with Gasteiger partial charge in [0.1, 0.15) is 0 Å². The highest BCUT2D eigenvalue weighted by molar-refractivity contribution is 7.16. The summed E-state index contributed by atoms with van der Waals surface area (Å²) < 4.78 is 3.24. The van der Waals surface area contributed by atoms with Crippen molar-refractivity contribution in [1.82, 2.24) is 29.0 Å². The fourth-order valence-electron chi connectivity index (χ4n) is 4.33. The molecular weight excluding hydrogens is 400 g/mol. The van der Waals surface area contributed by atoms with Crippen LogP contribution in [0.4, 0.5) is 0 Å². The van der Waals surface area contributed by atoms with Crippen LogP contribution in [0.15, 0.2) is 47.5 Å². The lowest BCUT2D eigenvalue weighted by atomic mass is 9.70. The van der Waals surface area contributed by atoms with Crippen molar-refractivity contribution in [2.24, 2.45) is 7.05 Å². The molecular formula is C21H22N6O2S. The van der Waals surface area contributed by atoms with E-state index in [4.69, 9.17) is 4.98 Å². The molecule has 0 bridgehead atoms. The van der Waals surface area contributed by atoms with Gasteiger partial charge in [0, 0.05) is 42.8 Å². The summed E-state index contributed by atoms with van der Waals surface area (Å²) in [5, 5.41) is 4.01.